The number of benzene rings is 1. The van der Waals surface area contributed by atoms with E-state index in [-0.39, 0.29) is 25.4 Å². The number of nitrogens with zero attached hydrogens (tertiary/aromatic N) is 1. The van der Waals surface area contributed by atoms with Crippen LogP contribution in [0, 0.1) is 0 Å². The Morgan fingerprint density at radius 1 is 1.00 bits per heavy atom. The first kappa shape index (κ1) is 15.7. The van der Waals surface area contributed by atoms with Crippen molar-refractivity contribution >= 4 is 17.8 Å². The monoisotopic (exact) mass is 279 g/mol. The number of carbonyl (C=O) groups excluding carboxylic acids is 3. The Kier molecular flexibility index (Phi) is 6.22. The van der Waals surface area contributed by atoms with Gasteiger partial charge in [-0.1, -0.05) is 18.2 Å². The summed E-state index contributed by atoms with van der Waals surface area (Å²) in [5.41, 5.74) is 0.446. The molecule has 1 rings (SSSR count). The molecule has 1 amide bonds. The molecule has 0 N–H and O–H groups in total. The first-order valence-corrected chi connectivity index (χ1v) is 6.06. The maximum atomic E-state index is 12.3. The Labute approximate surface area is 117 Å². The summed E-state index contributed by atoms with van der Waals surface area (Å²) in [5, 5.41) is 0. The van der Waals surface area contributed by atoms with Gasteiger partial charge in [-0.3, -0.25) is 14.4 Å². The van der Waals surface area contributed by atoms with Crippen molar-refractivity contribution in [1.82, 2.24) is 4.90 Å². The third-order valence-corrected chi connectivity index (χ3v) is 2.67. The van der Waals surface area contributed by atoms with Crippen LogP contribution >= 0.6 is 0 Å². The normalized spacial score (nSPS) is 9.70. The van der Waals surface area contributed by atoms with Crippen molar-refractivity contribution in [3.05, 3.63) is 35.9 Å². The maximum Gasteiger partial charge on any atom is 0.325 e. The van der Waals surface area contributed by atoms with Crippen LogP contribution in [0.5, 0.6) is 0 Å². The van der Waals surface area contributed by atoms with Crippen molar-refractivity contribution in [2.75, 3.05) is 27.3 Å². The standard InChI is InChI=1S/C14H17NO5/c1-19-12(16)8-9-15(10-13(17)20-2)14(18)11-6-4-3-5-7-11/h3-7H,8-10H2,1-2H3. The van der Waals surface area contributed by atoms with E-state index in [0.717, 1.165) is 0 Å². The highest BCUT2D eigenvalue weighted by Crippen LogP contribution is 2.06. The Bertz CT molecular complexity index is 472. The Balaban J connectivity index is 2.78. The van der Waals surface area contributed by atoms with Crippen LogP contribution in [0.3, 0.4) is 0 Å². The number of ether oxygens (including phenoxy) is 2. The first-order chi connectivity index (χ1) is 9.58. The summed E-state index contributed by atoms with van der Waals surface area (Å²) >= 11 is 0. The van der Waals surface area contributed by atoms with E-state index in [4.69, 9.17) is 0 Å². The molecule has 0 unspecified atom stereocenters. The molecule has 1 aromatic rings. The topological polar surface area (TPSA) is 72.9 Å². The fourth-order valence-corrected chi connectivity index (χ4v) is 1.56. The van der Waals surface area contributed by atoms with E-state index in [1.54, 1.807) is 30.3 Å². The predicted octanol–water partition coefficient (Wildman–Crippen LogP) is 0.865. The number of carbonyl (C=O) groups is 3. The van der Waals surface area contributed by atoms with Crippen LogP contribution in [0.1, 0.15) is 16.8 Å². The molecule has 0 saturated carbocycles. The molecule has 0 fully saturated rings. The summed E-state index contributed by atoms with van der Waals surface area (Å²) in [7, 11) is 2.51. The quantitative estimate of drug-likeness (QED) is 0.722. The lowest BCUT2D eigenvalue weighted by Crippen LogP contribution is -2.37. The molecule has 0 bridgehead atoms. The smallest absolute Gasteiger partial charge is 0.325 e. The van der Waals surface area contributed by atoms with Crippen LogP contribution in [0.4, 0.5) is 0 Å². The molecule has 1 aromatic carbocycles. The van der Waals surface area contributed by atoms with Gasteiger partial charge in [0.05, 0.1) is 20.6 Å². The van der Waals surface area contributed by atoms with Crippen molar-refractivity contribution in [3.63, 3.8) is 0 Å². The highest BCUT2D eigenvalue weighted by molar-refractivity contribution is 5.96. The molecular weight excluding hydrogens is 262 g/mol. The van der Waals surface area contributed by atoms with E-state index in [1.807, 2.05) is 0 Å². The zero-order chi connectivity index (χ0) is 15.0. The van der Waals surface area contributed by atoms with Crippen molar-refractivity contribution in [2.45, 2.75) is 6.42 Å². The molecule has 0 aliphatic rings. The van der Waals surface area contributed by atoms with Crippen LogP contribution in [-0.2, 0) is 19.1 Å². The van der Waals surface area contributed by atoms with E-state index in [0.29, 0.717) is 5.56 Å². The zero-order valence-electron chi connectivity index (χ0n) is 11.5. The summed E-state index contributed by atoms with van der Waals surface area (Å²) in [5.74, 6) is -1.32. The Morgan fingerprint density at radius 2 is 1.60 bits per heavy atom. The highest BCUT2D eigenvalue weighted by Gasteiger charge is 2.20. The maximum absolute atomic E-state index is 12.3. The van der Waals surface area contributed by atoms with Crippen LogP contribution in [0.25, 0.3) is 0 Å². The minimum atomic E-state index is -0.542. The summed E-state index contributed by atoms with van der Waals surface area (Å²) in [6.07, 6.45) is 0.0199. The van der Waals surface area contributed by atoms with E-state index in [9.17, 15) is 14.4 Å². The number of hydrogen-bond acceptors (Lipinski definition) is 5. The van der Waals surface area contributed by atoms with Gasteiger partial charge < -0.3 is 14.4 Å². The third kappa shape index (κ3) is 4.72. The van der Waals surface area contributed by atoms with Crippen molar-refractivity contribution in [3.8, 4) is 0 Å². The molecule has 0 aliphatic carbocycles. The van der Waals surface area contributed by atoms with Crippen molar-refractivity contribution in [2.24, 2.45) is 0 Å². The van der Waals surface area contributed by atoms with Gasteiger partial charge >= 0.3 is 11.9 Å². The summed E-state index contributed by atoms with van der Waals surface area (Å²) in [6, 6.07) is 8.53. The van der Waals surface area contributed by atoms with Crippen LogP contribution in [-0.4, -0.2) is 50.1 Å². The SMILES string of the molecule is COC(=O)CCN(CC(=O)OC)C(=O)c1ccccc1. The molecule has 6 heteroatoms. The molecule has 0 heterocycles. The second-order valence-corrected chi connectivity index (χ2v) is 3.99. The van der Waals surface area contributed by atoms with Gasteiger partial charge in [0, 0.05) is 12.1 Å². The summed E-state index contributed by atoms with van der Waals surface area (Å²) < 4.78 is 9.08. The number of rotatable bonds is 6. The fourth-order valence-electron chi connectivity index (χ4n) is 1.56. The van der Waals surface area contributed by atoms with Gasteiger partial charge in [0.2, 0.25) is 0 Å². The van der Waals surface area contributed by atoms with Gasteiger partial charge in [-0.25, -0.2) is 0 Å². The minimum Gasteiger partial charge on any atom is -0.469 e. The number of hydrogen-bond donors (Lipinski definition) is 0. The number of amides is 1. The van der Waals surface area contributed by atoms with Gasteiger partial charge in [0.15, 0.2) is 0 Å². The Morgan fingerprint density at radius 3 is 2.15 bits per heavy atom. The third-order valence-electron chi connectivity index (χ3n) is 2.67. The minimum absolute atomic E-state index is 0.0199. The zero-order valence-corrected chi connectivity index (χ0v) is 11.5. The lowest BCUT2D eigenvalue weighted by Gasteiger charge is -2.21. The van der Waals surface area contributed by atoms with Crippen molar-refractivity contribution in [1.29, 1.82) is 0 Å². The predicted molar refractivity (Wildman–Crippen MR) is 71.0 cm³/mol. The molecule has 108 valence electrons. The number of methoxy groups -OCH3 is 2. The molecule has 6 nitrogen and oxygen atoms in total. The average Bonchev–Trinajstić information content (AvgIpc) is 2.50. The average molecular weight is 279 g/mol. The molecular formula is C14H17NO5. The second-order valence-electron chi connectivity index (χ2n) is 3.99. The van der Waals surface area contributed by atoms with Crippen LogP contribution in [0.2, 0.25) is 0 Å². The molecule has 0 saturated heterocycles. The molecule has 0 radical (unpaired) electrons. The van der Waals surface area contributed by atoms with Gasteiger partial charge in [0.25, 0.3) is 5.91 Å². The van der Waals surface area contributed by atoms with E-state index < -0.39 is 11.9 Å². The summed E-state index contributed by atoms with van der Waals surface area (Å²) in [6.45, 7) is -0.114. The van der Waals surface area contributed by atoms with Crippen LogP contribution < -0.4 is 0 Å². The highest BCUT2D eigenvalue weighted by atomic mass is 16.5. The lowest BCUT2D eigenvalue weighted by molar-refractivity contribution is -0.143. The first-order valence-electron chi connectivity index (χ1n) is 6.06. The van der Waals surface area contributed by atoms with Gasteiger partial charge in [-0.05, 0) is 12.1 Å². The molecule has 0 aliphatic heterocycles. The number of esters is 2. The lowest BCUT2D eigenvalue weighted by atomic mass is 10.2. The molecule has 20 heavy (non-hydrogen) atoms. The van der Waals surface area contributed by atoms with E-state index >= 15 is 0 Å². The summed E-state index contributed by atoms with van der Waals surface area (Å²) in [4.78, 5) is 36.0. The van der Waals surface area contributed by atoms with Gasteiger partial charge in [-0.15, -0.1) is 0 Å². The largest absolute Gasteiger partial charge is 0.469 e. The second kappa shape index (κ2) is 7.93. The van der Waals surface area contributed by atoms with Crippen molar-refractivity contribution < 1.29 is 23.9 Å². The molecule has 0 aromatic heterocycles. The van der Waals surface area contributed by atoms with E-state index in [2.05, 4.69) is 9.47 Å². The Hall–Kier alpha value is -2.37. The van der Waals surface area contributed by atoms with Gasteiger partial charge in [-0.2, -0.15) is 0 Å². The van der Waals surface area contributed by atoms with E-state index in [1.165, 1.54) is 19.1 Å². The van der Waals surface area contributed by atoms with Crippen LogP contribution in [0.15, 0.2) is 30.3 Å². The van der Waals surface area contributed by atoms with Gasteiger partial charge in [0.1, 0.15) is 6.54 Å². The fraction of sp³-hybridized carbons (Fsp3) is 0.357. The molecule has 0 atom stereocenters. The molecule has 0 spiro atoms.